The Balaban J connectivity index is 1.93. The molecule has 0 saturated carbocycles. The lowest BCUT2D eigenvalue weighted by Gasteiger charge is -2.36. The Morgan fingerprint density at radius 3 is 3.00 bits per heavy atom. The average molecular weight is 284 g/mol. The molecule has 2 rings (SSSR count). The van der Waals surface area contributed by atoms with E-state index in [0.717, 1.165) is 12.8 Å². The molecule has 1 aromatic heterocycles. The SMILES string of the molecule is C[C@H]1CC[C@@H](CNc2ccc(Cl)cn2)N(C(=O)O)C1. The van der Waals surface area contributed by atoms with Gasteiger partial charge in [0.05, 0.1) is 11.1 Å². The average Bonchev–Trinajstić information content (AvgIpc) is 2.39. The molecule has 2 atom stereocenters. The third-order valence-electron chi connectivity index (χ3n) is 3.43. The molecule has 0 aliphatic carbocycles. The van der Waals surface area contributed by atoms with Gasteiger partial charge in [0.15, 0.2) is 0 Å². The third-order valence-corrected chi connectivity index (χ3v) is 3.66. The molecular formula is C13H18ClN3O2. The summed E-state index contributed by atoms with van der Waals surface area (Å²) in [6.07, 6.45) is 2.67. The van der Waals surface area contributed by atoms with Crippen molar-refractivity contribution in [3.05, 3.63) is 23.4 Å². The van der Waals surface area contributed by atoms with E-state index in [9.17, 15) is 9.90 Å². The van der Waals surface area contributed by atoms with Gasteiger partial charge in [0.1, 0.15) is 5.82 Å². The van der Waals surface area contributed by atoms with Crippen LogP contribution in [0.5, 0.6) is 0 Å². The first-order valence-corrected chi connectivity index (χ1v) is 6.79. The predicted molar refractivity (Wildman–Crippen MR) is 74.7 cm³/mol. The van der Waals surface area contributed by atoms with E-state index < -0.39 is 6.09 Å². The van der Waals surface area contributed by atoms with Crippen molar-refractivity contribution in [2.45, 2.75) is 25.8 Å². The number of hydrogen-bond acceptors (Lipinski definition) is 3. The van der Waals surface area contributed by atoms with Crippen LogP contribution in [-0.4, -0.2) is 40.2 Å². The molecule has 2 heterocycles. The lowest BCUT2D eigenvalue weighted by Crippen LogP contribution is -2.48. The Morgan fingerprint density at radius 1 is 1.58 bits per heavy atom. The van der Waals surface area contributed by atoms with Crippen molar-refractivity contribution in [2.24, 2.45) is 5.92 Å². The van der Waals surface area contributed by atoms with E-state index in [2.05, 4.69) is 17.2 Å². The summed E-state index contributed by atoms with van der Waals surface area (Å²) >= 11 is 5.77. The number of nitrogens with zero attached hydrogens (tertiary/aromatic N) is 2. The summed E-state index contributed by atoms with van der Waals surface area (Å²) in [6.45, 7) is 3.27. The maximum absolute atomic E-state index is 11.2. The zero-order valence-corrected chi connectivity index (χ0v) is 11.6. The molecular weight excluding hydrogens is 266 g/mol. The van der Waals surface area contributed by atoms with E-state index in [1.165, 1.54) is 4.90 Å². The molecule has 0 bridgehead atoms. The molecule has 1 amide bonds. The van der Waals surface area contributed by atoms with Gasteiger partial charge in [0.2, 0.25) is 0 Å². The largest absolute Gasteiger partial charge is 0.465 e. The van der Waals surface area contributed by atoms with Gasteiger partial charge in [-0.1, -0.05) is 18.5 Å². The topological polar surface area (TPSA) is 65.5 Å². The highest BCUT2D eigenvalue weighted by Gasteiger charge is 2.29. The molecule has 1 aliphatic rings. The van der Waals surface area contributed by atoms with Gasteiger partial charge < -0.3 is 15.3 Å². The number of anilines is 1. The van der Waals surface area contributed by atoms with Crippen LogP contribution in [0.15, 0.2) is 18.3 Å². The first-order valence-electron chi connectivity index (χ1n) is 6.41. The number of piperidine rings is 1. The maximum Gasteiger partial charge on any atom is 0.407 e. The van der Waals surface area contributed by atoms with Crippen LogP contribution in [0.25, 0.3) is 0 Å². The molecule has 19 heavy (non-hydrogen) atoms. The summed E-state index contributed by atoms with van der Waals surface area (Å²) in [7, 11) is 0. The number of likely N-dealkylation sites (tertiary alicyclic amines) is 1. The number of halogens is 1. The first-order chi connectivity index (χ1) is 9.06. The standard InChI is InChI=1S/C13H18ClN3O2/c1-9-2-4-11(17(8-9)13(18)19)7-16-12-5-3-10(14)6-15-12/h3,5-6,9,11H,2,4,7-8H2,1H3,(H,15,16)(H,18,19)/t9-,11-/m0/s1. The molecule has 1 saturated heterocycles. The van der Waals surface area contributed by atoms with E-state index in [-0.39, 0.29) is 6.04 Å². The van der Waals surface area contributed by atoms with Crippen LogP contribution in [0.2, 0.25) is 5.02 Å². The second-order valence-corrected chi connectivity index (χ2v) is 5.45. The zero-order chi connectivity index (χ0) is 13.8. The molecule has 1 aliphatic heterocycles. The van der Waals surface area contributed by atoms with E-state index in [1.807, 2.05) is 0 Å². The van der Waals surface area contributed by atoms with E-state index in [4.69, 9.17) is 11.6 Å². The molecule has 0 radical (unpaired) electrons. The Morgan fingerprint density at radius 2 is 2.37 bits per heavy atom. The summed E-state index contributed by atoms with van der Waals surface area (Å²) in [6, 6.07) is 3.56. The lowest BCUT2D eigenvalue weighted by molar-refractivity contribution is 0.0942. The minimum atomic E-state index is -0.845. The number of nitrogens with one attached hydrogen (secondary N) is 1. The van der Waals surface area contributed by atoms with Crippen LogP contribution >= 0.6 is 11.6 Å². The van der Waals surface area contributed by atoms with Gasteiger partial charge in [-0.3, -0.25) is 0 Å². The summed E-state index contributed by atoms with van der Waals surface area (Å²) in [5.41, 5.74) is 0. The van der Waals surface area contributed by atoms with Crippen LogP contribution in [0.3, 0.4) is 0 Å². The zero-order valence-electron chi connectivity index (χ0n) is 10.8. The molecule has 0 spiro atoms. The van der Waals surface area contributed by atoms with Gasteiger partial charge in [-0.2, -0.15) is 0 Å². The second-order valence-electron chi connectivity index (χ2n) is 5.01. The number of hydrogen-bond donors (Lipinski definition) is 2. The van der Waals surface area contributed by atoms with Crippen LogP contribution in [0.1, 0.15) is 19.8 Å². The van der Waals surface area contributed by atoms with Crippen molar-refractivity contribution in [2.75, 3.05) is 18.4 Å². The van der Waals surface area contributed by atoms with Gasteiger partial charge >= 0.3 is 6.09 Å². The fourth-order valence-electron chi connectivity index (χ4n) is 2.36. The fourth-order valence-corrected chi connectivity index (χ4v) is 2.47. The van der Waals surface area contributed by atoms with Gasteiger partial charge in [0.25, 0.3) is 0 Å². The van der Waals surface area contributed by atoms with Gasteiger partial charge in [-0.15, -0.1) is 0 Å². The minimum absolute atomic E-state index is 0.00572. The molecule has 1 fully saturated rings. The van der Waals surface area contributed by atoms with Crippen molar-refractivity contribution in [1.82, 2.24) is 9.88 Å². The molecule has 0 unspecified atom stereocenters. The molecule has 1 aromatic rings. The third kappa shape index (κ3) is 3.73. The highest BCUT2D eigenvalue weighted by molar-refractivity contribution is 6.30. The number of aromatic nitrogens is 1. The second kappa shape index (κ2) is 6.10. The maximum atomic E-state index is 11.2. The Kier molecular flexibility index (Phi) is 4.47. The van der Waals surface area contributed by atoms with Crippen molar-refractivity contribution in [3.8, 4) is 0 Å². The first kappa shape index (κ1) is 13.9. The summed E-state index contributed by atoms with van der Waals surface area (Å²) in [4.78, 5) is 16.9. The van der Waals surface area contributed by atoms with Crippen molar-refractivity contribution in [3.63, 3.8) is 0 Å². The van der Waals surface area contributed by atoms with Gasteiger partial charge in [-0.05, 0) is 30.9 Å². The molecule has 6 heteroatoms. The molecule has 2 N–H and O–H groups in total. The number of pyridine rings is 1. The highest BCUT2D eigenvalue weighted by Crippen LogP contribution is 2.22. The monoisotopic (exact) mass is 283 g/mol. The van der Waals surface area contributed by atoms with Crippen LogP contribution in [0, 0.1) is 5.92 Å². The Bertz CT molecular complexity index is 438. The quantitative estimate of drug-likeness (QED) is 0.895. The Labute approximate surface area is 117 Å². The van der Waals surface area contributed by atoms with Crippen LogP contribution in [-0.2, 0) is 0 Å². The van der Waals surface area contributed by atoms with Crippen molar-refractivity contribution < 1.29 is 9.90 Å². The number of rotatable bonds is 3. The van der Waals surface area contributed by atoms with Gasteiger partial charge in [-0.25, -0.2) is 9.78 Å². The normalized spacial score (nSPS) is 23.2. The van der Waals surface area contributed by atoms with Crippen molar-refractivity contribution in [1.29, 1.82) is 0 Å². The molecule has 0 aromatic carbocycles. The van der Waals surface area contributed by atoms with Gasteiger partial charge in [0, 0.05) is 19.3 Å². The van der Waals surface area contributed by atoms with Crippen LogP contribution in [0.4, 0.5) is 10.6 Å². The van der Waals surface area contributed by atoms with E-state index >= 15 is 0 Å². The molecule has 5 nitrogen and oxygen atoms in total. The number of amides is 1. The summed E-state index contributed by atoms with van der Waals surface area (Å²) < 4.78 is 0. The van der Waals surface area contributed by atoms with E-state index in [0.29, 0.717) is 29.8 Å². The summed E-state index contributed by atoms with van der Waals surface area (Å²) in [5, 5.41) is 13.0. The number of carboxylic acid groups (broad SMARTS) is 1. The lowest BCUT2D eigenvalue weighted by atomic mass is 9.94. The highest BCUT2D eigenvalue weighted by atomic mass is 35.5. The Hall–Kier alpha value is -1.49. The smallest absolute Gasteiger partial charge is 0.407 e. The summed E-state index contributed by atoms with van der Waals surface area (Å²) in [5.74, 6) is 1.15. The minimum Gasteiger partial charge on any atom is -0.465 e. The van der Waals surface area contributed by atoms with Crippen LogP contribution < -0.4 is 5.32 Å². The molecule has 104 valence electrons. The fraction of sp³-hybridized carbons (Fsp3) is 0.538. The van der Waals surface area contributed by atoms with E-state index in [1.54, 1.807) is 18.3 Å². The van der Waals surface area contributed by atoms with Crippen molar-refractivity contribution >= 4 is 23.5 Å². The predicted octanol–water partition coefficient (Wildman–Crippen LogP) is 2.93. The number of carbonyl (C=O) groups is 1.